The Morgan fingerprint density at radius 1 is 0.941 bits per heavy atom. The van der Waals surface area contributed by atoms with Crippen molar-refractivity contribution < 1.29 is 10.2 Å². The van der Waals surface area contributed by atoms with E-state index in [0.717, 1.165) is 5.69 Å². The summed E-state index contributed by atoms with van der Waals surface area (Å²) in [6.07, 6.45) is 1.08. The highest BCUT2D eigenvalue weighted by molar-refractivity contribution is 5.49. The number of hydrogen-bond donors (Lipinski definition) is 2. The zero-order valence-electron chi connectivity index (χ0n) is 11.1. The van der Waals surface area contributed by atoms with Crippen LogP contribution in [0.1, 0.15) is 40.5 Å². The molecule has 2 atom stereocenters. The summed E-state index contributed by atoms with van der Waals surface area (Å²) in [5.74, 6) is 0. The standard InChI is InChI=1S/C14H23NO2/c1-5-13(3,16)15(14(4,17)6-2)12-10-8-7-9-11-12/h7-11,16-17H,5-6H2,1-4H3. The lowest BCUT2D eigenvalue weighted by Crippen LogP contribution is -2.58. The molecule has 96 valence electrons. The van der Waals surface area contributed by atoms with Crippen molar-refractivity contribution >= 4 is 5.69 Å². The van der Waals surface area contributed by atoms with E-state index in [1.807, 2.05) is 44.2 Å². The van der Waals surface area contributed by atoms with Crippen LogP contribution < -0.4 is 4.90 Å². The minimum atomic E-state index is -1.07. The number of anilines is 1. The van der Waals surface area contributed by atoms with Crippen molar-refractivity contribution in [1.29, 1.82) is 0 Å². The smallest absolute Gasteiger partial charge is 0.137 e. The average Bonchev–Trinajstić information content (AvgIpc) is 2.30. The van der Waals surface area contributed by atoms with E-state index >= 15 is 0 Å². The fourth-order valence-corrected chi connectivity index (χ4v) is 1.97. The average molecular weight is 237 g/mol. The SMILES string of the molecule is CCC(C)(O)N(c1ccccc1)C(C)(O)CC. The molecule has 0 bridgehead atoms. The molecule has 2 unspecified atom stereocenters. The maximum atomic E-state index is 10.5. The minimum absolute atomic E-state index is 0.540. The van der Waals surface area contributed by atoms with Gasteiger partial charge in [-0.1, -0.05) is 32.0 Å². The van der Waals surface area contributed by atoms with Crippen LogP contribution in [0.4, 0.5) is 5.69 Å². The molecule has 2 N–H and O–H groups in total. The van der Waals surface area contributed by atoms with Crippen LogP contribution in [-0.2, 0) is 0 Å². The van der Waals surface area contributed by atoms with Gasteiger partial charge in [0.15, 0.2) is 0 Å². The largest absolute Gasteiger partial charge is 0.371 e. The van der Waals surface area contributed by atoms with Crippen LogP contribution >= 0.6 is 0 Å². The summed E-state index contributed by atoms with van der Waals surface area (Å²) in [6.45, 7) is 7.26. The Morgan fingerprint density at radius 2 is 1.35 bits per heavy atom. The first-order valence-electron chi connectivity index (χ1n) is 6.15. The van der Waals surface area contributed by atoms with E-state index < -0.39 is 11.4 Å². The van der Waals surface area contributed by atoms with Crippen LogP contribution in [0, 0.1) is 0 Å². The summed E-state index contributed by atoms with van der Waals surface area (Å²) in [5, 5.41) is 20.9. The second-order valence-electron chi connectivity index (χ2n) is 4.81. The first-order chi connectivity index (χ1) is 7.85. The molecule has 0 aliphatic heterocycles. The van der Waals surface area contributed by atoms with Crippen LogP contribution in [0.15, 0.2) is 30.3 Å². The molecule has 0 heterocycles. The predicted octanol–water partition coefficient (Wildman–Crippen LogP) is 2.73. The van der Waals surface area contributed by atoms with Crippen LogP contribution in [0.25, 0.3) is 0 Å². The number of hydrogen-bond acceptors (Lipinski definition) is 3. The Labute approximate surface area is 104 Å². The molecule has 0 radical (unpaired) electrons. The molecule has 1 aromatic carbocycles. The second-order valence-corrected chi connectivity index (χ2v) is 4.81. The van der Waals surface area contributed by atoms with Gasteiger partial charge in [-0.2, -0.15) is 0 Å². The molecule has 1 rings (SSSR count). The van der Waals surface area contributed by atoms with Crippen molar-refractivity contribution in [2.75, 3.05) is 4.90 Å². The Bertz CT molecular complexity index is 330. The Morgan fingerprint density at radius 3 is 1.71 bits per heavy atom. The highest BCUT2D eigenvalue weighted by Gasteiger charge is 2.38. The number of rotatable bonds is 5. The summed E-state index contributed by atoms with van der Waals surface area (Å²) in [6, 6.07) is 9.52. The minimum Gasteiger partial charge on any atom is -0.371 e. The quantitative estimate of drug-likeness (QED) is 0.774. The molecular weight excluding hydrogens is 214 g/mol. The normalized spacial score (nSPS) is 18.2. The molecule has 0 spiro atoms. The van der Waals surface area contributed by atoms with Crippen molar-refractivity contribution in [2.24, 2.45) is 0 Å². The van der Waals surface area contributed by atoms with Gasteiger partial charge in [0.2, 0.25) is 0 Å². The molecule has 1 aromatic rings. The van der Waals surface area contributed by atoms with Crippen LogP contribution in [0.5, 0.6) is 0 Å². The topological polar surface area (TPSA) is 43.7 Å². The third-order valence-electron chi connectivity index (χ3n) is 3.32. The molecule has 0 aliphatic rings. The zero-order chi connectivity index (χ0) is 13.1. The summed E-state index contributed by atoms with van der Waals surface area (Å²) in [7, 11) is 0. The van der Waals surface area contributed by atoms with E-state index in [-0.39, 0.29) is 0 Å². The third-order valence-corrected chi connectivity index (χ3v) is 3.32. The molecule has 0 saturated carbocycles. The van der Waals surface area contributed by atoms with Gasteiger partial charge in [0, 0.05) is 5.69 Å². The lowest BCUT2D eigenvalue weighted by Gasteiger charge is -2.47. The summed E-state index contributed by atoms with van der Waals surface area (Å²) >= 11 is 0. The molecular formula is C14H23NO2. The van der Waals surface area contributed by atoms with E-state index in [4.69, 9.17) is 0 Å². The van der Waals surface area contributed by atoms with Gasteiger partial charge in [0.1, 0.15) is 11.4 Å². The maximum Gasteiger partial charge on any atom is 0.137 e. The Balaban J connectivity index is 3.22. The van der Waals surface area contributed by atoms with Gasteiger partial charge in [-0.05, 0) is 38.8 Å². The zero-order valence-corrected chi connectivity index (χ0v) is 11.1. The molecule has 17 heavy (non-hydrogen) atoms. The van der Waals surface area contributed by atoms with Gasteiger partial charge >= 0.3 is 0 Å². The number of aliphatic hydroxyl groups is 2. The number of nitrogens with zero attached hydrogens (tertiary/aromatic N) is 1. The number of para-hydroxylation sites is 1. The lowest BCUT2D eigenvalue weighted by atomic mass is 10.0. The monoisotopic (exact) mass is 237 g/mol. The van der Waals surface area contributed by atoms with E-state index in [0.29, 0.717) is 12.8 Å². The van der Waals surface area contributed by atoms with Gasteiger partial charge in [-0.25, -0.2) is 0 Å². The first-order valence-corrected chi connectivity index (χ1v) is 6.15. The number of benzene rings is 1. The van der Waals surface area contributed by atoms with Crippen molar-refractivity contribution in [2.45, 2.75) is 52.0 Å². The summed E-state index contributed by atoms with van der Waals surface area (Å²) in [5.41, 5.74) is -1.31. The van der Waals surface area contributed by atoms with Crippen LogP contribution in [0.2, 0.25) is 0 Å². The second kappa shape index (κ2) is 5.07. The van der Waals surface area contributed by atoms with E-state index in [9.17, 15) is 10.2 Å². The van der Waals surface area contributed by atoms with Gasteiger partial charge < -0.3 is 15.1 Å². The molecule has 0 fully saturated rings. The predicted molar refractivity (Wildman–Crippen MR) is 70.8 cm³/mol. The van der Waals surface area contributed by atoms with Gasteiger partial charge in [0.05, 0.1) is 0 Å². The van der Waals surface area contributed by atoms with Crippen molar-refractivity contribution in [3.63, 3.8) is 0 Å². The van der Waals surface area contributed by atoms with Crippen LogP contribution in [0.3, 0.4) is 0 Å². The van der Waals surface area contributed by atoms with Gasteiger partial charge in [-0.3, -0.25) is 0 Å². The van der Waals surface area contributed by atoms with Gasteiger partial charge in [0.25, 0.3) is 0 Å². The first kappa shape index (κ1) is 14.0. The Hall–Kier alpha value is -1.06. The fourth-order valence-electron chi connectivity index (χ4n) is 1.97. The lowest BCUT2D eigenvalue weighted by molar-refractivity contribution is -0.0441. The molecule has 0 amide bonds. The van der Waals surface area contributed by atoms with E-state index in [1.54, 1.807) is 18.7 Å². The van der Waals surface area contributed by atoms with Gasteiger partial charge in [-0.15, -0.1) is 0 Å². The summed E-state index contributed by atoms with van der Waals surface area (Å²) < 4.78 is 0. The molecule has 0 saturated heterocycles. The maximum absolute atomic E-state index is 10.5. The summed E-state index contributed by atoms with van der Waals surface area (Å²) in [4.78, 5) is 1.68. The highest BCUT2D eigenvalue weighted by atomic mass is 16.3. The third kappa shape index (κ3) is 2.99. The molecule has 3 nitrogen and oxygen atoms in total. The molecule has 3 heteroatoms. The Kier molecular flexibility index (Phi) is 4.17. The molecule has 0 aliphatic carbocycles. The fraction of sp³-hybridized carbons (Fsp3) is 0.571. The molecule has 0 aromatic heterocycles. The van der Waals surface area contributed by atoms with Crippen molar-refractivity contribution in [3.05, 3.63) is 30.3 Å². The van der Waals surface area contributed by atoms with Crippen LogP contribution in [-0.4, -0.2) is 21.7 Å². The van der Waals surface area contributed by atoms with E-state index in [2.05, 4.69) is 0 Å². The van der Waals surface area contributed by atoms with Crippen molar-refractivity contribution in [3.8, 4) is 0 Å². The highest BCUT2D eigenvalue weighted by Crippen LogP contribution is 2.32. The van der Waals surface area contributed by atoms with E-state index in [1.165, 1.54) is 0 Å². The van der Waals surface area contributed by atoms with Crippen molar-refractivity contribution in [1.82, 2.24) is 0 Å².